The van der Waals surface area contributed by atoms with E-state index in [4.69, 9.17) is 15.2 Å². The molecule has 1 fully saturated rings. The standard InChI is InChI=1S/C16H19N7O2S/c1-24-10-3-4-11(20-14(10)25-2)19-13-12-15(26-8-18-12)22-16(21-13)23-6-5-9(17)7-23/h3-4,8-9H,5-7,17H2,1-2H3,(H,19,20,21,22). The fraction of sp³-hybridized carbons (Fsp3) is 0.375. The summed E-state index contributed by atoms with van der Waals surface area (Å²) in [6, 6.07) is 3.74. The summed E-state index contributed by atoms with van der Waals surface area (Å²) in [5.74, 6) is 2.79. The molecule has 4 rings (SSSR count). The maximum Gasteiger partial charge on any atom is 0.258 e. The normalized spacial score (nSPS) is 16.9. The number of rotatable bonds is 5. The lowest BCUT2D eigenvalue weighted by Gasteiger charge is -2.17. The summed E-state index contributed by atoms with van der Waals surface area (Å²) in [5, 5.41) is 3.22. The number of hydrogen-bond acceptors (Lipinski definition) is 10. The van der Waals surface area contributed by atoms with E-state index in [9.17, 15) is 0 Å². The summed E-state index contributed by atoms with van der Waals surface area (Å²) in [6.07, 6.45) is 0.935. The molecule has 1 atom stereocenters. The summed E-state index contributed by atoms with van der Waals surface area (Å²) in [7, 11) is 3.12. The van der Waals surface area contributed by atoms with Crippen molar-refractivity contribution in [3.05, 3.63) is 17.6 Å². The SMILES string of the molecule is COc1ccc(Nc2nc(N3CCC(N)C3)nc3scnc23)nc1OC. The van der Waals surface area contributed by atoms with Gasteiger partial charge in [0.05, 0.1) is 19.7 Å². The highest BCUT2D eigenvalue weighted by Gasteiger charge is 2.23. The Morgan fingerprint density at radius 2 is 2.12 bits per heavy atom. The molecule has 1 saturated heterocycles. The predicted molar refractivity (Wildman–Crippen MR) is 101 cm³/mol. The van der Waals surface area contributed by atoms with Crippen LogP contribution < -0.4 is 25.4 Å². The van der Waals surface area contributed by atoms with E-state index in [-0.39, 0.29) is 6.04 Å². The van der Waals surface area contributed by atoms with Gasteiger partial charge in [0, 0.05) is 19.1 Å². The van der Waals surface area contributed by atoms with Crippen molar-refractivity contribution in [1.29, 1.82) is 0 Å². The number of nitrogens with one attached hydrogen (secondary N) is 1. The van der Waals surface area contributed by atoms with Gasteiger partial charge in [0.1, 0.15) is 11.3 Å². The molecule has 4 heterocycles. The largest absolute Gasteiger partial charge is 0.491 e. The average Bonchev–Trinajstić information content (AvgIpc) is 3.30. The molecule has 0 radical (unpaired) electrons. The Morgan fingerprint density at radius 3 is 2.85 bits per heavy atom. The third-order valence-electron chi connectivity index (χ3n) is 4.18. The number of methoxy groups -OCH3 is 2. The summed E-state index contributed by atoms with van der Waals surface area (Å²) >= 11 is 1.47. The molecule has 9 nitrogen and oxygen atoms in total. The van der Waals surface area contributed by atoms with Gasteiger partial charge in [0.2, 0.25) is 5.95 Å². The molecule has 0 bridgehead atoms. The van der Waals surface area contributed by atoms with Crippen LogP contribution in [0, 0.1) is 0 Å². The predicted octanol–water partition coefficient (Wildman–Crippen LogP) is 1.78. The molecular formula is C16H19N7O2S. The van der Waals surface area contributed by atoms with Gasteiger partial charge in [-0.25, -0.2) is 4.98 Å². The quantitative estimate of drug-likeness (QED) is 0.691. The minimum absolute atomic E-state index is 0.152. The van der Waals surface area contributed by atoms with Crippen LogP contribution in [0.4, 0.5) is 17.6 Å². The van der Waals surface area contributed by atoms with Crippen LogP contribution in [0.3, 0.4) is 0 Å². The van der Waals surface area contributed by atoms with Gasteiger partial charge in [-0.05, 0) is 18.6 Å². The van der Waals surface area contributed by atoms with Crippen molar-refractivity contribution in [2.75, 3.05) is 37.5 Å². The number of hydrogen-bond donors (Lipinski definition) is 2. The Labute approximate surface area is 154 Å². The first-order valence-corrected chi connectivity index (χ1v) is 9.03. The van der Waals surface area contributed by atoms with Crippen molar-refractivity contribution in [3.8, 4) is 11.6 Å². The van der Waals surface area contributed by atoms with Crippen LogP contribution in [-0.2, 0) is 0 Å². The number of aromatic nitrogens is 4. The maximum atomic E-state index is 6.02. The van der Waals surface area contributed by atoms with Gasteiger partial charge in [-0.3, -0.25) is 0 Å². The summed E-state index contributed by atoms with van der Waals surface area (Å²) in [6.45, 7) is 1.60. The maximum absolute atomic E-state index is 6.02. The van der Waals surface area contributed by atoms with Crippen LogP contribution >= 0.6 is 11.3 Å². The zero-order chi connectivity index (χ0) is 18.1. The van der Waals surface area contributed by atoms with E-state index in [1.807, 2.05) is 0 Å². The number of nitrogens with two attached hydrogens (primary N) is 1. The molecule has 26 heavy (non-hydrogen) atoms. The topological polar surface area (TPSA) is 111 Å². The van der Waals surface area contributed by atoms with Crippen molar-refractivity contribution in [3.63, 3.8) is 0 Å². The van der Waals surface area contributed by atoms with E-state index in [2.05, 4.69) is 30.2 Å². The average molecular weight is 373 g/mol. The van der Waals surface area contributed by atoms with Gasteiger partial charge in [-0.1, -0.05) is 0 Å². The van der Waals surface area contributed by atoms with Gasteiger partial charge in [-0.2, -0.15) is 15.0 Å². The monoisotopic (exact) mass is 373 g/mol. The van der Waals surface area contributed by atoms with Crippen LogP contribution in [0.15, 0.2) is 17.6 Å². The highest BCUT2D eigenvalue weighted by Crippen LogP contribution is 2.31. The molecule has 136 valence electrons. The lowest BCUT2D eigenvalue weighted by molar-refractivity contribution is 0.343. The van der Waals surface area contributed by atoms with Crippen LogP contribution in [0.1, 0.15) is 6.42 Å². The van der Waals surface area contributed by atoms with Crippen LogP contribution in [0.5, 0.6) is 11.6 Å². The van der Waals surface area contributed by atoms with E-state index in [0.29, 0.717) is 34.7 Å². The van der Waals surface area contributed by atoms with E-state index in [1.165, 1.54) is 11.3 Å². The van der Waals surface area contributed by atoms with Gasteiger partial charge >= 0.3 is 0 Å². The third-order valence-corrected chi connectivity index (χ3v) is 4.90. The molecule has 0 amide bonds. The summed E-state index contributed by atoms with van der Waals surface area (Å²) in [4.78, 5) is 21.0. The fourth-order valence-corrected chi connectivity index (χ4v) is 3.52. The minimum Gasteiger partial charge on any atom is -0.491 e. The van der Waals surface area contributed by atoms with E-state index in [0.717, 1.165) is 24.3 Å². The van der Waals surface area contributed by atoms with E-state index in [1.54, 1.807) is 31.9 Å². The van der Waals surface area contributed by atoms with Crippen LogP contribution in [0.25, 0.3) is 10.3 Å². The highest BCUT2D eigenvalue weighted by atomic mass is 32.1. The molecule has 0 spiro atoms. The first kappa shape index (κ1) is 16.7. The van der Waals surface area contributed by atoms with E-state index >= 15 is 0 Å². The number of fused-ring (bicyclic) bond motifs is 1. The molecular weight excluding hydrogens is 354 g/mol. The Morgan fingerprint density at radius 1 is 1.23 bits per heavy atom. The number of thiazole rings is 1. The van der Waals surface area contributed by atoms with Crippen molar-refractivity contribution in [2.24, 2.45) is 5.73 Å². The number of pyridine rings is 1. The lowest BCUT2D eigenvalue weighted by atomic mass is 10.3. The second kappa shape index (κ2) is 6.89. The lowest BCUT2D eigenvalue weighted by Crippen LogP contribution is -2.27. The molecule has 0 aliphatic carbocycles. The Bertz CT molecular complexity index is 932. The Kier molecular flexibility index (Phi) is 4.43. The molecule has 1 unspecified atom stereocenters. The van der Waals surface area contributed by atoms with E-state index < -0.39 is 0 Å². The first-order chi connectivity index (χ1) is 12.7. The Hall–Kier alpha value is -2.72. The van der Waals surface area contributed by atoms with Gasteiger partial charge in [0.15, 0.2) is 16.4 Å². The zero-order valence-electron chi connectivity index (χ0n) is 14.5. The van der Waals surface area contributed by atoms with Crippen LogP contribution in [-0.4, -0.2) is 53.3 Å². The van der Waals surface area contributed by atoms with Crippen molar-refractivity contribution >= 4 is 39.3 Å². The van der Waals surface area contributed by atoms with Crippen molar-refractivity contribution in [1.82, 2.24) is 19.9 Å². The minimum atomic E-state index is 0.152. The highest BCUT2D eigenvalue weighted by molar-refractivity contribution is 7.16. The zero-order valence-corrected chi connectivity index (χ0v) is 15.3. The molecule has 3 aromatic heterocycles. The van der Waals surface area contributed by atoms with Crippen molar-refractivity contribution in [2.45, 2.75) is 12.5 Å². The molecule has 3 aromatic rings. The summed E-state index contributed by atoms with van der Waals surface area (Å²) < 4.78 is 10.5. The second-order valence-corrected chi connectivity index (χ2v) is 6.74. The molecule has 0 saturated carbocycles. The molecule has 3 N–H and O–H groups in total. The fourth-order valence-electron chi connectivity index (χ4n) is 2.87. The number of anilines is 3. The molecule has 1 aliphatic rings. The summed E-state index contributed by atoms with van der Waals surface area (Å²) in [5.41, 5.74) is 8.48. The molecule has 10 heteroatoms. The second-order valence-electron chi connectivity index (χ2n) is 5.91. The van der Waals surface area contributed by atoms with Gasteiger partial charge in [-0.15, -0.1) is 11.3 Å². The first-order valence-electron chi connectivity index (χ1n) is 8.15. The number of nitrogens with zero attached hydrogens (tertiary/aromatic N) is 5. The smallest absolute Gasteiger partial charge is 0.258 e. The Balaban J connectivity index is 1.70. The molecule has 0 aromatic carbocycles. The third kappa shape index (κ3) is 3.08. The van der Waals surface area contributed by atoms with Gasteiger partial charge in [0.25, 0.3) is 5.88 Å². The van der Waals surface area contributed by atoms with Gasteiger partial charge < -0.3 is 25.4 Å². The van der Waals surface area contributed by atoms with Crippen LogP contribution in [0.2, 0.25) is 0 Å². The van der Waals surface area contributed by atoms with Crippen molar-refractivity contribution < 1.29 is 9.47 Å². The molecule has 1 aliphatic heterocycles. The number of ether oxygens (including phenoxy) is 2.